The summed E-state index contributed by atoms with van der Waals surface area (Å²) in [5.41, 5.74) is -0.810. The van der Waals surface area contributed by atoms with Crippen molar-refractivity contribution in [2.45, 2.75) is 58.7 Å². The second-order valence-corrected chi connectivity index (χ2v) is 6.52. The SMILES string of the molecule is CC(C)(C)OCC(C)(C)O/C=C/CC(CC(=O)O)C(=O)O. The van der Waals surface area contributed by atoms with Crippen LogP contribution < -0.4 is 0 Å². The summed E-state index contributed by atoms with van der Waals surface area (Å²) >= 11 is 0. The first-order chi connectivity index (χ1) is 9.43. The Morgan fingerprint density at radius 3 is 2.14 bits per heavy atom. The van der Waals surface area contributed by atoms with Gasteiger partial charge < -0.3 is 19.7 Å². The molecule has 1 unspecified atom stereocenters. The van der Waals surface area contributed by atoms with E-state index in [0.717, 1.165) is 0 Å². The average molecular weight is 302 g/mol. The van der Waals surface area contributed by atoms with Gasteiger partial charge in [-0.05, 0) is 47.1 Å². The lowest BCUT2D eigenvalue weighted by molar-refractivity contribution is -0.148. The van der Waals surface area contributed by atoms with Crippen molar-refractivity contribution in [3.8, 4) is 0 Å². The second kappa shape index (κ2) is 8.02. The predicted octanol–water partition coefficient (Wildman–Crippen LogP) is 2.68. The molecule has 122 valence electrons. The van der Waals surface area contributed by atoms with Crippen LogP contribution in [0.15, 0.2) is 12.3 Å². The van der Waals surface area contributed by atoms with Gasteiger partial charge in [-0.1, -0.05) is 0 Å². The van der Waals surface area contributed by atoms with Crippen molar-refractivity contribution >= 4 is 11.9 Å². The van der Waals surface area contributed by atoms with Crippen LogP contribution in [0.5, 0.6) is 0 Å². The Bertz CT molecular complexity index is 378. The minimum Gasteiger partial charge on any atom is -0.493 e. The minimum absolute atomic E-state index is 0.109. The largest absolute Gasteiger partial charge is 0.493 e. The molecule has 0 aromatic rings. The summed E-state index contributed by atoms with van der Waals surface area (Å²) in [6.45, 7) is 9.94. The van der Waals surface area contributed by atoms with E-state index in [4.69, 9.17) is 19.7 Å². The molecule has 2 N–H and O–H groups in total. The smallest absolute Gasteiger partial charge is 0.307 e. The van der Waals surface area contributed by atoms with Crippen molar-refractivity contribution in [3.05, 3.63) is 12.3 Å². The third-order valence-electron chi connectivity index (χ3n) is 2.53. The molecule has 0 heterocycles. The van der Waals surface area contributed by atoms with Crippen LogP contribution >= 0.6 is 0 Å². The Morgan fingerprint density at radius 2 is 1.71 bits per heavy atom. The van der Waals surface area contributed by atoms with Crippen LogP contribution in [0.4, 0.5) is 0 Å². The predicted molar refractivity (Wildman–Crippen MR) is 78.0 cm³/mol. The van der Waals surface area contributed by atoms with Crippen molar-refractivity contribution in [1.29, 1.82) is 0 Å². The van der Waals surface area contributed by atoms with Crippen LogP contribution in [0, 0.1) is 5.92 Å². The fraction of sp³-hybridized carbons (Fsp3) is 0.733. The maximum absolute atomic E-state index is 10.9. The van der Waals surface area contributed by atoms with E-state index in [1.165, 1.54) is 12.3 Å². The Hall–Kier alpha value is -1.56. The maximum atomic E-state index is 10.9. The van der Waals surface area contributed by atoms with Crippen molar-refractivity contribution in [2.75, 3.05) is 6.61 Å². The van der Waals surface area contributed by atoms with Crippen molar-refractivity contribution in [3.63, 3.8) is 0 Å². The number of allylic oxidation sites excluding steroid dienone is 1. The average Bonchev–Trinajstić information content (AvgIpc) is 2.29. The normalized spacial score (nSPS) is 14.1. The third-order valence-corrected chi connectivity index (χ3v) is 2.53. The van der Waals surface area contributed by atoms with Gasteiger partial charge in [0.05, 0.1) is 30.8 Å². The molecule has 6 heteroatoms. The lowest BCUT2D eigenvalue weighted by atomic mass is 10.0. The highest BCUT2D eigenvalue weighted by atomic mass is 16.5. The molecular formula is C15H26O6. The summed E-state index contributed by atoms with van der Waals surface area (Å²) in [5, 5.41) is 17.5. The summed E-state index contributed by atoms with van der Waals surface area (Å²) in [7, 11) is 0. The van der Waals surface area contributed by atoms with Gasteiger partial charge in [0.1, 0.15) is 5.60 Å². The molecule has 21 heavy (non-hydrogen) atoms. The van der Waals surface area contributed by atoms with Gasteiger partial charge >= 0.3 is 11.9 Å². The molecular weight excluding hydrogens is 276 g/mol. The first-order valence-electron chi connectivity index (χ1n) is 6.84. The van der Waals surface area contributed by atoms with Gasteiger partial charge in [0, 0.05) is 0 Å². The zero-order chi connectivity index (χ0) is 16.7. The van der Waals surface area contributed by atoms with Gasteiger partial charge in [0.15, 0.2) is 0 Å². The first-order valence-corrected chi connectivity index (χ1v) is 6.84. The lowest BCUT2D eigenvalue weighted by Crippen LogP contribution is -2.34. The van der Waals surface area contributed by atoms with Crippen LogP contribution in [0.1, 0.15) is 47.5 Å². The summed E-state index contributed by atoms with van der Waals surface area (Å²) < 4.78 is 11.1. The van der Waals surface area contributed by atoms with E-state index in [1.54, 1.807) is 0 Å². The Balaban J connectivity index is 4.29. The van der Waals surface area contributed by atoms with Crippen molar-refractivity contribution < 1.29 is 29.3 Å². The highest BCUT2D eigenvalue weighted by Crippen LogP contribution is 2.16. The molecule has 0 saturated carbocycles. The number of carboxylic acids is 2. The molecule has 1 atom stereocenters. The van der Waals surface area contributed by atoms with Crippen LogP contribution in [0.2, 0.25) is 0 Å². The molecule has 0 bridgehead atoms. The Kier molecular flexibility index (Phi) is 7.43. The highest BCUT2D eigenvalue weighted by Gasteiger charge is 2.23. The molecule has 0 spiro atoms. The molecule has 0 radical (unpaired) electrons. The van der Waals surface area contributed by atoms with E-state index < -0.39 is 29.9 Å². The van der Waals surface area contributed by atoms with Gasteiger partial charge in [0.25, 0.3) is 0 Å². The summed E-state index contributed by atoms with van der Waals surface area (Å²) in [6.07, 6.45) is 2.64. The quantitative estimate of drug-likeness (QED) is 0.636. The number of hydrogen-bond acceptors (Lipinski definition) is 4. The maximum Gasteiger partial charge on any atom is 0.307 e. The van der Waals surface area contributed by atoms with E-state index in [9.17, 15) is 9.59 Å². The zero-order valence-electron chi connectivity index (χ0n) is 13.4. The fourth-order valence-electron chi connectivity index (χ4n) is 1.36. The zero-order valence-corrected chi connectivity index (χ0v) is 13.4. The molecule has 0 aromatic heterocycles. The van der Waals surface area contributed by atoms with Gasteiger partial charge in [-0.3, -0.25) is 9.59 Å². The monoisotopic (exact) mass is 302 g/mol. The molecule has 0 saturated heterocycles. The summed E-state index contributed by atoms with van der Waals surface area (Å²) in [4.78, 5) is 21.4. The molecule has 0 amide bonds. The number of carbonyl (C=O) groups is 2. The van der Waals surface area contributed by atoms with Crippen LogP contribution in [-0.2, 0) is 19.1 Å². The van der Waals surface area contributed by atoms with Crippen LogP contribution in [0.25, 0.3) is 0 Å². The van der Waals surface area contributed by atoms with Gasteiger partial charge in [-0.25, -0.2) is 0 Å². The number of ether oxygens (including phenoxy) is 2. The molecule has 0 aliphatic carbocycles. The summed E-state index contributed by atoms with van der Waals surface area (Å²) in [5.74, 6) is -3.20. The van der Waals surface area contributed by atoms with E-state index >= 15 is 0 Å². The molecule has 0 aliphatic heterocycles. The van der Waals surface area contributed by atoms with Gasteiger partial charge in [-0.15, -0.1) is 0 Å². The van der Waals surface area contributed by atoms with Crippen molar-refractivity contribution in [1.82, 2.24) is 0 Å². The molecule has 0 fully saturated rings. The van der Waals surface area contributed by atoms with Crippen LogP contribution in [-0.4, -0.2) is 40.0 Å². The number of aliphatic carboxylic acids is 2. The topological polar surface area (TPSA) is 93.1 Å². The fourth-order valence-corrected chi connectivity index (χ4v) is 1.36. The third kappa shape index (κ3) is 10.8. The highest BCUT2D eigenvalue weighted by molar-refractivity contribution is 5.77. The van der Waals surface area contributed by atoms with E-state index in [0.29, 0.717) is 6.61 Å². The van der Waals surface area contributed by atoms with E-state index in [-0.39, 0.29) is 12.0 Å². The van der Waals surface area contributed by atoms with Gasteiger partial charge in [-0.2, -0.15) is 0 Å². The first kappa shape index (κ1) is 19.4. The number of hydrogen-bond donors (Lipinski definition) is 2. The number of rotatable bonds is 9. The van der Waals surface area contributed by atoms with E-state index in [1.807, 2.05) is 34.6 Å². The molecule has 0 rings (SSSR count). The van der Waals surface area contributed by atoms with E-state index in [2.05, 4.69) is 0 Å². The molecule has 0 aromatic carbocycles. The van der Waals surface area contributed by atoms with Crippen LogP contribution in [0.3, 0.4) is 0 Å². The Labute approximate surface area is 125 Å². The standard InChI is InChI=1S/C15H26O6/c1-14(2,3)21-10-15(4,5)20-8-6-7-11(13(18)19)9-12(16)17/h6,8,11H,7,9-10H2,1-5H3,(H,16,17)(H,18,19)/b8-6+. The molecule has 6 nitrogen and oxygen atoms in total. The van der Waals surface area contributed by atoms with Gasteiger partial charge in [0.2, 0.25) is 0 Å². The second-order valence-electron chi connectivity index (χ2n) is 6.52. The molecule has 0 aliphatic rings. The minimum atomic E-state index is -1.13. The number of carboxylic acid groups (broad SMARTS) is 2. The lowest BCUT2D eigenvalue weighted by Gasteiger charge is -2.29. The van der Waals surface area contributed by atoms with Crippen molar-refractivity contribution in [2.24, 2.45) is 5.92 Å². The summed E-state index contributed by atoms with van der Waals surface area (Å²) in [6, 6.07) is 0. The Morgan fingerprint density at radius 1 is 1.14 bits per heavy atom.